The average Bonchev–Trinajstić information content (AvgIpc) is 3.02. The Bertz CT molecular complexity index is 836. The van der Waals surface area contributed by atoms with Crippen LogP contribution in [-0.4, -0.2) is 17.4 Å². The van der Waals surface area contributed by atoms with E-state index in [1.54, 1.807) is 0 Å². The van der Waals surface area contributed by atoms with Crippen molar-refractivity contribution in [1.29, 1.82) is 0 Å². The van der Waals surface area contributed by atoms with Crippen LogP contribution in [0.5, 0.6) is 0 Å². The molecule has 23 heavy (non-hydrogen) atoms. The van der Waals surface area contributed by atoms with Gasteiger partial charge in [-0.05, 0) is 65.8 Å². The largest absolute Gasteiger partial charge is 0.351 e. The van der Waals surface area contributed by atoms with Gasteiger partial charge in [-0.2, -0.15) is 0 Å². The SMILES string of the molecule is O=C(NCC1(c2ccccn2)CCC1)C1=C2C=C3CC3=C2C=C1. The van der Waals surface area contributed by atoms with Crippen molar-refractivity contribution in [1.82, 2.24) is 10.3 Å². The fraction of sp³-hybridized carbons (Fsp3) is 0.300. The molecule has 0 bridgehead atoms. The fourth-order valence-corrected chi connectivity index (χ4v) is 3.98. The summed E-state index contributed by atoms with van der Waals surface area (Å²) >= 11 is 0. The topological polar surface area (TPSA) is 42.0 Å². The van der Waals surface area contributed by atoms with Crippen molar-refractivity contribution in [2.24, 2.45) is 0 Å². The molecule has 0 radical (unpaired) electrons. The maximum absolute atomic E-state index is 12.6. The number of hydrogen-bond acceptors (Lipinski definition) is 2. The monoisotopic (exact) mass is 302 g/mol. The Hall–Kier alpha value is -2.42. The lowest BCUT2D eigenvalue weighted by atomic mass is 9.66. The van der Waals surface area contributed by atoms with E-state index in [1.165, 1.54) is 23.1 Å². The van der Waals surface area contributed by atoms with Crippen LogP contribution in [0.15, 0.2) is 70.5 Å². The number of nitrogens with one attached hydrogen (secondary N) is 1. The van der Waals surface area contributed by atoms with Gasteiger partial charge in [0.1, 0.15) is 0 Å². The first-order chi connectivity index (χ1) is 11.3. The number of nitrogens with zero attached hydrogens (tertiary/aromatic N) is 1. The summed E-state index contributed by atoms with van der Waals surface area (Å²) in [4.78, 5) is 17.2. The average molecular weight is 302 g/mol. The van der Waals surface area contributed by atoms with Gasteiger partial charge in [0, 0.05) is 29.4 Å². The van der Waals surface area contributed by atoms with E-state index in [9.17, 15) is 4.79 Å². The highest BCUT2D eigenvalue weighted by Gasteiger charge is 2.41. The number of allylic oxidation sites excluding steroid dienone is 6. The second-order valence-corrected chi connectivity index (χ2v) is 6.93. The third kappa shape index (κ3) is 1.89. The number of aromatic nitrogens is 1. The Morgan fingerprint density at radius 2 is 2.13 bits per heavy atom. The summed E-state index contributed by atoms with van der Waals surface area (Å²) in [5, 5.41) is 3.17. The molecule has 0 saturated heterocycles. The first-order valence-corrected chi connectivity index (χ1v) is 8.33. The standard InChI is InChI=1S/C20H18N2O/c23-19(15-6-5-14-16-10-13(16)11-17(14)15)22-12-20(7-3-8-20)18-4-1-2-9-21-18/h1-2,4-6,9,11H,3,7-8,10,12H2,(H,22,23). The molecule has 0 aromatic carbocycles. The van der Waals surface area contributed by atoms with Gasteiger partial charge in [-0.1, -0.05) is 18.6 Å². The molecule has 2 saturated carbocycles. The van der Waals surface area contributed by atoms with Crippen molar-refractivity contribution < 1.29 is 4.79 Å². The molecule has 1 amide bonds. The smallest absolute Gasteiger partial charge is 0.251 e. The normalized spacial score (nSPS) is 22.5. The fourth-order valence-electron chi connectivity index (χ4n) is 3.98. The van der Waals surface area contributed by atoms with Crippen molar-refractivity contribution in [3.63, 3.8) is 0 Å². The number of carbonyl (C=O) groups excluding carboxylic acids is 1. The molecule has 2 fully saturated rings. The summed E-state index contributed by atoms with van der Waals surface area (Å²) in [5.74, 6) is 0.0483. The Morgan fingerprint density at radius 1 is 1.22 bits per heavy atom. The molecule has 5 rings (SSSR count). The van der Waals surface area contributed by atoms with Gasteiger partial charge < -0.3 is 5.32 Å². The number of amides is 1. The van der Waals surface area contributed by atoms with Gasteiger partial charge in [-0.3, -0.25) is 9.78 Å². The highest BCUT2D eigenvalue weighted by atomic mass is 16.1. The van der Waals surface area contributed by atoms with E-state index in [0.29, 0.717) is 6.54 Å². The Kier molecular flexibility index (Phi) is 2.58. The molecular formula is C20H18N2O. The van der Waals surface area contributed by atoms with Crippen molar-refractivity contribution in [3.8, 4) is 0 Å². The summed E-state index contributed by atoms with van der Waals surface area (Å²) < 4.78 is 0. The van der Waals surface area contributed by atoms with Crippen molar-refractivity contribution >= 4 is 5.91 Å². The maximum Gasteiger partial charge on any atom is 0.251 e. The predicted octanol–water partition coefficient (Wildman–Crippen LogP) is 3.13. The van der Waals surface area contributed by atoms with E-state index in [2.05, 4.69) is 28.5 Å². The Morgan fingerprint density at radius 3 is 2.87 bits per heavy atom. The third-order valence-electron chi connectivity index (χ3n) is 5.62. The van der Waals surface area contributed by atoms with Crippen LogP contribution in [0.2, 0.25) is 0 Å². The third-order valence-corrected chi connectivity index (χ3v) is 5.62. The minimum atomic E-state index is 0.0298. The van der Waals surface area contributed by atoms with E-state index >= 15 is 0 Å². The summed E-state index contributed by atoms with van der Waals surface area (Å²) in [5.41, 5.74) is 7.20. The second-order valence-electron chi connectivity index (χ2n) is 6.93. The Balaban J connectivity index is 1.34. The molecule has 0 unspecified atom stereocenters. The summed E-state index contributed by atoms with van der Waals surface area (Å²) in [7, 11) is 0. The summed E-state index contributed by atoms with van der Waals surface area (Å²) in [6.45, 7) is 0.677. The molecule has 0 atom stereocenters. The van der Waals surface area contributed by atoms with Gasteiger partial charge in [-0.15, -0.1) is 0 Å². The molecule has 114 valence electrons. The molecule has 0 spiro atoms. The van der Waals surface area contributed by atoms with Gasteiger partial charge in [0.2, 0.25) is 0 Å². The van der Waals surface area contributed by atoms with Gasteiger partial charge in [0.15, 0.2) is 0 Å². The maximum atomic E-state index is 12.6. The molecular weight excluding hydrogens is 284 g/mol. The van der Waals surface area contributed by atoms with Crippen molar-refractivity contribution in [3.05, 3.63) is 76.2 Å². The minimum Gasteiger partial charge on any atom is -0.351 e. The van der Waals surface area contributed by atoms with Crippen LogP contribution < -0.4 is 5.32 Å². The number of fused-ring (bicyclic) bond motifs is 2. The van der Waals surface area contributed by atoms with Gasteiger partial charge in [-0.25, -0.2) is 0 Å². The summed E-state index contributed by atoms with van der Waals surface area (Å²) in [6.07, 6.45) is 12.6. The molecule has 1 aromatic heterocycles. The number of hydrogen-bond donors (Lipinski definition) is 1. The molecule has 1 heterocycles. The zero-order chi connectivity index (χ0) is 15.4. The van der Waals surface area contributed by atoms with Gasteiger partial charge in [0.05, 0.1) is 0 Å². The number of carbonyl (C=O) groups is 1. The van der Waals surface area contributed by atoms with Crippen LogP contribution in [0.4, 0.5) is 0 Å². The number of pyridine rings is 1. The van der Waals surface area contributed by atoms with Crippen LogP contribution in [0.25, 0.3) is 0 Å². The number of rotatable bonds is 4. The van der Waals surface area contributed by atoms with Crippen LogP contribution in [0.1, 0.15) is 31.4 Å². The first-order valence-electron chi connectivity index (χ1n) is 8.33. The highest BCUT2D eigenvalue weighted by Crippen LogP contribution is 2.51. The quantitative estimate of drug-likeness (QED) is 0.928. The molecule has 1 aromatic rings. The summed E-state index contributed by atoms with van der Waals surface area (Å²) in [6, 6.07) is 6.06. The van der Waals surface area contributed by atoms with E-state index in [4.69, 9.17) is 0 Å². The lowest BCUT2D eigenvalue weighted by Gasteiger charge is -2.41. The minimum absolute atomic E-state index is 0.0298. The highest BCUT2D eigenvalue weighted by molar-refractivity contribution is 6.01. The van der Waals surface area contributed by atoms with Crippen molar-refractivity contribution in [2.75, 3.05) is 6.54 Å². The van der Waals surface area contributed by atoms with E-state index in [-0.39, 0.29) is 11.3 Å². The second kappa shape index (κ2) is 4.54. The zero-order valence-electron chi connectivity index (χ0n) is 12.9. The van der Waals surface area contributed by atoms with Crippen LogP contribution >= 0.6 is 0 Å². The van der Waals surface area contributed by atoms with Crippen LogP contribution in [0, 0.1) is 0 Å². The Labute approximate surface area is 135 Å². The molecule has 0 aliphatic heterocycles. The lowest BCUT2D eigenvalue weighted by Crippen LogP contribution is -2.46. The van der Waals surface area contributed by atoms with Gasteiger partial charge >= 0.3 is 0 Å². The van der Waals surface area contributed by atoms with Crippen molar-refractivity contribution in [2.45, 2.75) is 31.1 Å². The van der Waals surface area contributed by atoms with E-state index in [1.807, 2.05) is 24.4 Å². The first kappa shape index (κ1) is 13.1. The van der Waals surface area contributed by atoms with E-state index in [0.717, 1.165) is 36.1 Å². The van der Waals surface area contributed by atoms with Crippen LogP contribution in [-0.2, 0) is 10.2 Å². The molecule has 4 aliphatic carbocycles. The predicted molar refractivity (Wildman–Crippen MR) is 88.7 cm³/mol. The van der Waals surface area contributed by atoms with Crippen LogP contribution in [0.3, 0.4) is 0 Å². The lowest BCUT2D eigenvalue weighted by molar-refractivity contribution is -0.117. The molecule has 3 nitrogen and oxygen atoms in total. The van der Waals surface area contributed by atoms with Gasteiger partial charge in [0.25, 0.3) is 5.91 Å². The zero-order valence-corrected chi connectivity index (χ0v) is 12.9. The molecule has 1 N–H and O–H groups in total. The molecule has 4 aliphatic rings. The molecule has 3 heteroatoms. The van der Waals surface area contributed by atoms with E-state index < -0.39 is 0 Å².